The predicted molar refractivity (Wildman–Crippen MR) is 64.1 cm³/mol. The Balaban J connectivity index is 2.02. The van der Waals surface area contributed by atoms with E-state index in [9.17, 15) is 23.1 Å². The molecule has 0 aromatic carbocycles. The second kappa shape index (κ2) is 5.50. The van der Waals surface area contributed by atoms with Crippen LogP contribution in [0, 0.1) is 0 Å². The minimum Gasteiger partial charge on any atom is -0.388 e. The van der Waals surface area contributed by atoms with Gasteiger partial charge in [0.25, 0.3) is 0 Å². The third-order valence-corrected chi connectivity index (χ3v) is 3.67. The highest BCUT2D eigenvalue weighted by Crippen LogP contribution is 2.24. The molecule has 20 heavy (non-hydrogen) atoms. The molecule has 2 fully saturated rings. The Morgan fingerprint density at radius 2 is 2.15 bits per heavy atom. The molecular formula is C12H19F3N2O3. The Kier molecular flexibility index (Phi) is 4.27. The number of carbonyl (C=O) groups is 1. The zero-order valence-corrected chi connectivity index (χ0v) is 11.3. The van der Waals surface area contributed by atoms with E-state index in [-0.39, 0.29) is 26.3 Å². The Labute approximate surface area is 115 Å². The normalized spacial score (nSPS) is 32.6. The second-order valence-electron chi connectivity index (χ2n) is 5.68. The van der Waals surface area contributed by atoms with E-state index < -0.39 is 30.3 Å². The van der Waals surface area contributed by atoms with Gasteiger partial charge in [0.1, 0.15) is 6.04 Å². The molecule has 8 heteroatoms. The van der Waals surface area contributed by atoms with Gasteiger partial charge in [0.15, 0.2) is 0 Å². The summed E-state index contributed by atoms with van der Waals surface area (Å²) in [6, 6.07) is -0.917. The van der Waals surface area contributed by atoms with Crippen molar-refractivity contribution in [3.8, 4) is 0 Å². The zero-order valence-electron chi connectivity index (χ0n) is 11.3. The number of alkyl halides is 3. The van der Waals surface area contributed by atoms with Crippen molar-refractivity contribution in [3.05, 3.63) is 0 Å². The lowest BCUT2D eigenvalue weighted by Crippen LogP contribution is -2.56. The van der Waals surface area contributed by atoms with Crippen LogP contribution in [0.4, 0.5) is 13.2 Å². The Bertz CT molecular complexity index is 373. The van der Waals surface area contributed by atoms with Crippen LogP contribution >= 0.6 is 0 Å². The van der Waals surface area contributed by atoms with E-state index in [4.69, 9.17) is 4.74 Å². The van der Waals surface area contributed by atoms with Crippen molar-refractivity contribution >= 4 is 5.91 Å². The first-order chi connectivity index (χ1) is 9.18. The van der Waals surface area contributed by atoms with Crippen LogP contribution in [0.15, 0.2) is 0 Å². The summed E-state index contributed by atoms with van der Waals surface area (Å²) in [5, 5.41) is 9.85. The summed E-state index contributed by atoms with van der Waals surface area (Å²) in [5.74, 6) is -0.397. The van der Waals surface area contributed by atoms with E-state index in [1.807, 2.05) is 0 Å². The van der Waals surface area contributed by atoms with Gasteiger partial charge in [-0.25, -0.2) is 0 Å². The van der Waals surface area contributed by atoms with Crippen molar-refractivity contribution in [2.24, 2.45) is 0 Å². The zero-order chi connectivity index (χ0) is 15.0. The molecule has 2 rings (SSSR count). The Morgan fingerprint density at radius 1 is 1.45 bits per heavy atom. The maximum absolute atomic E-state index is 12.5. The fourth-order valence-electron chi connectivity index (χ4n) is 2.63. The van der Waals surface area contributed by atoms with Gasteiger partial charge < -0.3 is 14.7 Å². The quantitative estimate of drug-likeness (QED) is 0.793. The molecule has 0 saturated carbocycles. The van der Waals surface area contributed by atoms with Crippen LogP contribution in [-0.2, 0) is 9.53 Å². The first-order valence-corrected chi connectivity index (χ1v) is 6.58. The third-order valence-electron chi connectivity index (χ3n) is 3.67. The van der Waals surface area contributed by atoms with E-state index in [2.05, 4.69) is 0 Å². The van der Waals surface area contributed by atoms with Crippen molar-refractivity contribution < 1.29 is 27.8 Å². The molecule has 2 aliphatic heterocycles. The van der Waals surface area contributed by atoms with Crippen LogP contribution in [0.2, 0.25) is 0 Å². The van der Waals surface area contributed by atoms with Gasteiger partial charge in [-0.2, -0.15) is 13.2 Å². The summed E-state index contributed by atoms with van der Waals surface area (Å²) in [5.41, 5.74) is -0.958. The molecule has 1 N–H and O–H groups in total. The van der Waals surface area contributed by atoms with Crippen molar-refractivity contribution in [1.29, 1.82) is 0 Å². The number of ether oxygens (including phenoxy) is 1. The largest absolute Gasteiger partial charge is 0.401 e. The summed E-state index contributed by atoms with van der Waals surface area (Å²) >= 11 is 0. The fraction of sp³-hybridized carbons (Fsp3) is 0.917. The van der Waals surface area contributed by atoms with Gasteiger partial charge in [-0.05, 0) is 13.3 Å². The van der Waals surface area contributed by atoms with Crippen molar-refractivity contribution in [1.82, 2.24) is 9.80 Å². The number of aliphatic hydroxyl groups is 1. The van der Waals surface area contributed by atoms with Crippen LogP contribution in [0.5, 0.6) is 0 Å². The topological polar surface area (TPSA) is 53.0 Å². The lowest BCUT2D eigenvalue weighted by atomic mass is 10.1. The number of hydrogen-bond acceptors (Lipinski definition) is 4. The lowest BCUT2D eigenvalue weighted by molar-refractivity contribution is -0.170. The fourth-order valence-corrected chi connectivity index (χ4v) is 2.63. The van der Waals surface area contributed by atoms with Crippen LogP contribution in [0.1, 0.15) is 13.3 Å². The maximum atomic E-state index is 12.5. The summed E-state index contributed by atoms with van der Waals surface area (Å²) in [7, 11) is 0. The van der Waals surface area contributed by atoms with Crippen LogP contribution in [-0.4, -0.2) is 78.0 Å². The summed E-state index contributed by atoms with van der Waals surface area (Å²) in [6.45, 7) is 1.26. The molecule has 2 aliphatic rings. The van der Waals surface area contributed by atoms with Gasteiger partial charge in [-0.15, -0.1) is 0 Å². The summed E-state index contributed by atoms with van der Waals surface area (Å²) < 4.78 is 42.7. The van der Waals surface area contributed by atoms with Crippen molar-refractivity contribution in [2.45, 2.75) is 31.2 Å². The number of hydrogen-bond donors (Lipinski definition) is 1. The number of carbonyl (C=O) groups excluding carboxylic acids is 1. The molecule has 2 saturated heterocycles. The third kappa shape index (κ3) is 3.83. The average Bonchev–Trinajstić information content (AvgIpc) is 2.67. The number of morpholine rings is 1. The van der Waals surface area contributed by atoms with Crippen LogP contribution in [0.3, 0.4) is 0 Å². The molecule has 2 unspecified atom stereocenters. The first-order valence-electron chi connectivity index (χ1n) is 6.58. The van der Waals surface area contributed by atoms with E-state index in [1.54, 1.807) is 6.92 Å². The van der Waals surface area contributed by atoms with Gasteiger partial charge in [0, 0.05) is 19.6 Å². The molecule has 116 valence electrons. The van der Waals surface area contributed by atoms with E-state index in [1.165, 1.54) is 4.90 Å². The molecule has 2 heterocycles. The molecule has 0 radical (unpaired) electrons. The minimum absolute atomic E-state index is 0.0342. The van der Waals surface area contributed by atoms with Crippen molar-refractivity contribution in [2.75, 3.05) is 39.4 Å². The predicted octanol–water partition coefficient (Wildman–Crippen LogP) is 0.233. The smallest absolute Gasteiger partial charge is 0.388 e. The molecule has 2 atom stereocenters. The molecule has 5 nitrogen and oxygen atoms in total. The second-order valence-corrected chi connectivity index (χ2v) is 5.68. The number of nitrogens with zero attached hydrogens (tertiary/aromatic N) is 2. The van der Waals surface area contributed by atoms with Crippen LogP contribution in [0.25, 0.3) is 0 Å². The van der Waals surface area contributed by atoms with Crippen molar-refractivity contribution in [3.63, 3.8) is 0 Å². The van der Waals surface area contributed by atoms with E-state index in [0.717, 1.165) is 4.90 Å². The lowest BCUT2D eigenvalue weighted by Gasteiger charge is -2.36. The minimum atomic E-state index is -4.34. The molecule has 0 aliphatic carbocycles. The molecular weight excluding hydrogens is 277 g/mol. The number of rotatable bonds is 2. The molecule has 0 bridgehead atoms. The number of halogens is 3. The maximum Gasteiger partial charge on any atom is 0.401 e. The van der Waals surface area contributed by atoms with Gasteiger partial charge in [-0.3, -0.25) is 9.69 Å². The number of likely N-dealkylation sites (tertiary alicyclic amines) is 1. The number of amides is 1. The SMILES string of the molecule is CC1(O)CCN(C(=O)C2COCCN2CC(F)(F)F)C1. The molecule has 0 aromatic rings. The van der Waals surface area contributed by atoms with Gasteiger partial charge >= 0.3 is 6.18 Å². The molecule has 0 aromatic heterocycles. The summed E-state index contributed by atoms with van der Waals surface area (Å²) in [4.78, 5) is 14.8. The van der Waals surface area contributed by atoms with Crippen LogP contribution < -0.4 is 0 Å². The standard InChI is InChI=1S/C12H19F3N2O3/c1-11(19)2-3-17(7-11)10(18)9-6-20-5-4-16(9)8-12(13,14)15/h9,19H,2-8H2,1H3. The van der Waals surface area contributed by atoms with Gasteiger partial charge in [0.05, 0.1) is 25.4 Å². The number of β-amino-alcohol motifs (C(OH)–C–C–N with tert-alkyl or cyclic N) is 1. The first kappa shape index (κ1) is 15.5. The molecule has 0 spiro atoms. The van der Waals surface area contributed by atoms with Gasteiger partial charge in [0.2, 0.25) is 5.91 Å². The Morgan fingerprint density at radius 3 is 2.70 bits per heavy atom. The summed E-state index contributed by atoms with van der Waals surface area (Å²) in [6.07, 6.45) is -3.90. The van der Waals surface area contributed by atoms with Gasteiger partial charge in [-0.1, -0.05) is 0 Å². The average molecular weight is 296 g/mol. The highest BCUT2D eigenvalue weighted by molar-refractivity contribution is 5.82. The van der Waals surface area contributed by atoms with E-state index >= 15 is 0 Å². The Hall–Kier alpha value is -0.860. The highest BCUT2D eigenvalue weighted by atomic mass is 19.4. The van der Waals surface area contributed by atoms with E-state index in [0.29, 0.717) is 13.0 Å². The highest BCUT2D eigenvalue weighted by Gasteiger charge is 2.42. The monoisotopic (exact) mass is 296 g/mol. The molecule has 1 amide bonds.